The van der Waals surface area contributed by atoms with Crippen molar-refractivity contribution in [1.82, 2.24) is 0 Å². The lowest BCUT2D eigenvalue weighted by Crippen LogP contribution is -2.09. The zero-order valence-electron chi connectivity index (χ0n) is 5.59. The van der Waals surface area contributed by atoms with Crippen molar-refractivity contribution >= 4 is 13.2 Å². The van der Waals surface area contributed by atoms with Crippen LogP contribution in [0.3, 0.4) is 0 Å². The lowest BCUT2D eigenvalue weighted by Gasteiger charge is -1.86. The highest BCUT2D eigenvalue weighted by molar-refractivity contribution is 5.33. The van der Waals surface area contributed by atoms with Gasteiger partial charge >= 0.3 is 0 Å². The molecule has 0 saturated heterocycles. The van der Waals surface area contributed by atoms with Gasteiger partial charge in [0.05, 0.1) is 11.6 Å². The van der Waals surface area contributed by atoms with Crippen LogP contribution in [0.25, 0.3) is 13.2 Å². The maximum atomic E-state index is 8.53. The number of hydrogen-bond acceptors (Lipinski definition) is 1. The summed E-state index contributed by atoms with van der Waals surface area (Å²) in [6.45, 7) is 7.37. The Hall–Kier alpha value is -1.55. The van der Waals surface area contributed by atoms with Crippen LogP contribution in [0.15, 0.2) is 18.2 Å². The van der Waals surface area contributed by atoms with Crippen molar-refractivity contribution in [2.45, 2.75) is 0 Å². The summed E-state index contributed by atoms with van der Waals surface area (Å²) in [5.74, 6) is 0. The van der Waals surface area contributed by atoms with Gasteiger partial charge in [0.1, 0.15) is 0 Å². The van der Waals surface area contributed by atoms with E-state index in [0.29, 0.717) is 5.56 Å². The van der Waals surface area contributed by atoms with Crippen molar-refractivity contribution in [1.29, 1.82) is 5.26 Å². The van der Waals surface area contributed by atoms with Crippen LogP contribution >= 0.6 is 0 Å². The van der Waals surface area contributed by atoms with Gasteiger partial charge in [0.25, 0.3) is 0 Å². The average Bonchev–Trinajstić information content (AvgIpc) is 1.94. The van der Waals surface area contributed by atoms with E-state index in [-0.39, 0.29) is 0 Å². The van der Waals surface area contributed by atoms with Crippen LogP contribution in [0, 0.1) is 11.3 Å². The SMILES string of the molecule is C=c1ccc(=C)c(C#N)c1. The van der Waals surface area contributed by atoms with E-state index in [1.165, 1.54) is 0 Å². The maximum absolute atomic E-state index is 8.53. The van der Waals surface area contributed by atoms with E-state index in [0.717, 1.165) is 10.4 Å². The van der Waals surface area contributed by atoms with E-state index in [9.17, 15) is 0 Å². The molecule has 1 aromatic rings. The molecule has 0 saturated carbocycles. The first-order chi connectivity index (χ1) is 4.74. The molecule has 1 nitrogen and oxygen atoms in total. The average molecular weight is 129 g/mol. The van der Waals surface area contributed by atoms with Crippen molar-refractivity contribution in [3.8, 4) is 6.07 Å². The van der Waals surface area contributed by atoms with Gasteiger partial charge in [0.15, 0.2) is 0 Å². The Labute approximate surface area is 59.5 Å². The minimum atomic E-state index is 0.604. The highest BCUT2D eigenvalue weighted by atomic mass is 14.2. The quantitative estimate of drug-likeness (QED) is 0.496. The van der Waals surface area contributed by atoms with E-state index in [4.69, 9.17) is 5.26 Å². The highest BCUT2D eigenvalue weighted by Gasteiger charge is 1.87. The topological polar surface area (TPSA) is 23.8 Å². The second kappa shape index (κ2) is 2.36. The first-order valence-corrected chi connectivity index (χ1v) is 2.92. The molecule has 0 unspecified atom stereocenters. The standard InChI is InChI=1S/C9H7N/c1-7-3-4-8(2)9(5-7)6-10/h3-5H,1-2H2. The Balaban J connectivity index is 3.55. The molecule has 0 aliphatic carbocycles. The van der Waals surface area contributed by atoms with Gasteiger partial charge in [-0.3, -0.25) is 0 Å². The number of rotatable bonds is 0. The number of nitrogens with zero attached hydrogens (tertiary/aromatic N) is 1. The molecule has 0 heterocycles. The van der Waals surface area contributed by atoms with E-state index in [2.05, 4.69) is 13.2 Å². The van der Waals surface area contributed by atoms with Crippen molar-refractivity contribution in [3.63, 3.8) is 0 Å². The molecule has 0 aromatic heterocycles. The van der Waals surface area contributed by atoms with Crippen LogP contribution < -0.4 is 10.4 Å². The second-order valence-corrected chi connectivity index (χ2v) is 2.10. The summed E-state index contributed by atoms with van der Waals surface area (Å²) in [5.41, 5.74) is 0.604. The van der Waals surface area contributed by atoms with Gasteiger partial charge in [-0.1, -0.05) is 25.3 Å². The van der Waals surface area contributed by atoms with Crippen molar-refractivity contribution in [3.05, 3.63) is 34.2 Å². The molecule has 0 amide bonds. The van der Waals surface area contributed by atoms with Gasteiger partial charge in [0.2, 0.25) is 0 Å². The van der Waals surface area contributed by atoms with Crippen LogP contribution in [-0.2, 0) is 0 Å². The molecule has 48 valence electrons. The fourth-order valence-electron chi connectivity index (χ4n) is 0.728. The predicted octanol–water partition coefficient (Wildman–Crippen LogP) is 0.379. The predicted molar refractivity (Wildman–Crippen MR) is 41.5 cm³/mol. The summed E-state index contributed by atoms with van der Waals surface area (Å²) in [7, 11) is 0. The highest BCUT2D eigenvalue weighted by Crippen LogP contribution is 1.79. The molecule has 0 aliphatic heterocycles. The van der Waals surface area contributed by atoms with E-state index >= 15 is 0 Å². The Morgan fingerprint density at radius 1 is 1.30 bits per heavy atom. The van der Waals surface area contributed by atoms with Crippen LogP contribution in [0.1, 0.15) is 5.56 Å². The first kappa shape index (κ1) is 6.57. The lowest BCUT2D eigenvalue weighted by molar-refractivity contribution is 1.44. The normalized spacial score (nSPS) is 8.70. The molecular formula is C9H7N. The third kappa shape index (κ3) is 1.06. The largest absolute Gasteiger partial charge is 0.192 e. The monoisotopic (exact) mass is 129 g/mol. The second-order valence-electron chi connectivity index (χ2n) is 2.10. The van der Waals surface area contributed by atoms with Crippen LogP contribution in [-0.4, -0.2) is 0 Å². The molecule has 0 spiro atoms. The molecule has 0 atom stereocenters. The summed E-state index contributed by atoms with van der Waals surface area (Å²) in [6.07, 6.45) is 0. The maximum Gasteiger partial charge on any atom is 0.0997 e. The van der Waals surface area contributed by atoms with Crippen LogP contribution in [0.5, 0.6) is 0 Å². The van der Waals surface area contributed by atoms with Gasteiger partial charge in [0, 0.05) is 0 Å². The van der Waals surface area contributed by atoms with Gasteiger partial charge in [-0.25, -0.2) is 0 Å². The third-order valence-corrected chi connectivity index (χ3v) is 1.29. The minimum Gasteiger partial charge on any atom is -0.192 e. The summed E-state index contributed by atoms with van der Waals surface area (Å²) in [6, 6.07) is 7.39. The third-order valence-electron chi connectivity index (χ3n) is 1.29. The first-order valence-electron chi connectivity index (χ1n) is 2.92. The molecule has 1 rings (SSSR count). The minimum absolute atomic E-state index is 0.604. The van der Waals surface area contributed by atoms with Gasteiger partial charge < -0.3 is 0 Å². The van der Waals surface area contributed by atoms with Crippen molar-refractivity contribution < 1.29 is 0 Å². The fraction of sp³-hybridized carbons (Fsp3) is 0. The molecule has 0 fully saturated rings. The molecule has 0 N–H and O–H groups in total. The number of nitriles is 1. The molecule has 10 heavy (non-hydrogen) atoms. The summed E-state index contributed by atoms with van der Waals surface area (Å²) in [5, 5.41) is 10.1. The zero-order chi connectivity index (χ0) is 7.56. The Bertz CT molecular complexity index is 371. The Morgan fingerprint density at radius 3 is 2.50 bits per heavy atom. The molecule has 0 bridgehead atoms. The van der Waals surface area contributed by atoms with Crippen LogP contribution in [0.2, 0.25) is 0 Å². The summed E-state index contributed by atoms with van der Waals surface area (Å²) >= 11 is 0. The summed E-state index contributed by atoms with van der Waals surface area (Å²) in [4.78, 5) is 0. The van der Waals surface area contributed by atoms with Crippen molar-refractivity contribution in [2.75, 3.05) is 0 Å². The summed E-state index contributed by atoms with van der Waals surface area (Å²) < 4.78 is 0. The Kier molecular flexibility index (Phi) is 1.55. The number of hydrogen-bond donors (Lipinski definition) is 0. The molecule has 0 aliphatic rings. The number of benzene rings is 1. The van der Waals surface area contributed by atoms with Crippen molar-refractivity contribution in [2.24, 2.45) is 0 Å². The van der Waals surface area contributed by atoms with Gasteiger partial charge in [-0.2, -0.15) is 5.26 Å². The van der Waals surface area contributed by atoms with Gasteiger partial charge in [-0.05, 0) is 16.5 Å². The van der Waals surface area contributed by atoms with E-state index in [1.54, 1.807) is 12.1 Å². The van der Waals surface area contributed by atoms with Crippen LogP contribution in [0.4, 0.5) is 0 Å². The smallest absolute Gasteiger partial charge is 0.0997 e. The fourth-order valence-corrected chi connectivity index (χ4v) is 0.728. The van der Waals surface area contributed by atoms with Gasteiger partial charge in [-0.15, -0.1) is 0 Å². The molecule has 1 aromatic carbocycles. The molecule has 0 radical (unpaired) electrons. The molecule has 1 heteroatoms. The lowest BCUT2D eigenvalue weighted by atomic mass is 10.2. The zero-order valence-corrected chi connectivity index (χ0v) is 5.59. The van der Waals surface area contributed by atoms with E-state index < -0.39 is 0 Å². The Morgan fingerprint density at radius 2 is 2.00 bits per heavy atom. The van der Waals surface area contributed by atoms with E-state index in [1.807, 2.05) is 12.1 Å². The molecular weight excluding hydrogens is 122 g/mol.